The van der Waals surface area contributed by atoms with Gasteiger partial charge in [-0.25, -0.2) is 4.79 Å². The summed E-state index contributed by atoms with van der Waals surface area (Å²) in [6.45, 7) is 2.44. The van der Waals surface area contributed by atoms with E-state index < -0.39 is 17.8 Å². The SMILES string of the molecule is COc1cc2c(cc1OCc1cc(COc3cc4c(cc3C)C(=O)N3c5ccccc5C[C@H]3CC4)cc(SCSCCCC(=O)ON3C(=O)CCC3=O)c1)N=C[C@@H]1Cc3ccccc3N1C2=O. The highest BCUT2D eigenvalue weighted by molar-refractivity contribution is 8.16. The lowest BCUT2D eigenvalue weighted by atomic mass is 9.98. The van der Waals surface area contributed by atoms with Crippen LogP contribution in [0.25, 0.3) is 0 Å². The van der Waals surface area contributed by atoms with Crippen LogP contribution < -0.4 is 24.0 Å². The summed E-state index contributed by atoms with van der Waals surface area (Å²) < 4.78 is 18.8. The lowest BCUT2D eigenvalue weighted by Crippen LogP contribution is -2.37. The van der Waals surface area contributed by atoms with Gasteiger partial charge in [0, 0.05) is 70.9 Å². The number of nitrogens with zero attached hydrogens (tertiary/aromatic N) is 4. The van der Waals surface area contributed by atoms with Crippen molar-refractivity contribution in [2.24, 2.45) is 4.99 Å². The first-order chi connectivity index (χ1) is 32.6. The van der Waals surface area contributed by atoms with Gasteiger partial charge in [0.1, 0.15) is 19.0 Å². The number of aryl methyl sites for hydroxylation is 2. The first kappa shape index (κ1) is 44.3. The number of hydrogen-bond acceptors (Lipinski definition) is 12. The number of methoxy groups -OCH3 is 1. The van der Waals surface area contributed by atoms with Crippen LogP contribution in [-0.4, -0.2) is 70.9 Å². The minimum atomic E-state index is -0.604. The van der Waals surface area contributed by atoms with E-state index in [9.17, 15) is 24.0 Å². The monoisotopic (exact) mass is 936 g/mol. The number of carbonyl (C=O) groups excluding carboxylic acids is 5. The zero-order valence-electron chi connectivity index (χ0n) is 37.2. The Hall–Kier alpha value is -6.58. The fraction of sp³-hybridized carbons (Fsp3) is 0.308. The number of amides is 4. The molecular formula is C52H48N4O9S2. The number of hydroxylamine groups is 2. The summed E-state index contributed by atoms with van der Waals surface area (Å²) in [7, 11) is 1.55. The zero-order chi connectivity index (χ0) is 46.2. The van der Waals surface area contributed by atoms with E-state index in [1.807, 2.05) is 72.6 Å². The number of imide groups is 1. The topological polar surface area (TPSA) is 144 Å². The Bertz CT molecular complexity index is 2850. The molecule has 0 unspecified atom stereocenters. The van der Waals surface area contributed by atoms with Crippen molar-refractivity contribution in [2.45, 2.75) is 88.5 Å². The second-order valence-corrected chi connectivity index (χ2v) is 19.8. The fourth-order valence-electron chi connectivity index (χ4n) is 9.49. The second-order valence-electron chi connectivity index (χ2n) is 17.2. The summed E-state index contributed by atoms with van der Waals surface area (Å²) in [4.78, 5) is 78.6. The molecule has 10 rings (SSSR count). The minimum Gasteiger partial charge on any atom is -0.493 e. The van der Waals surface area contributed by atoms with E-state index in [2.05, 4.69) is 24.3 Å². The van der Waals surface area contributed by atoms with Crippen molar-refractivity contribution < 1.29 is 43.0 Å². The Kier molecular flexibility index (Phi) is 12.5. The maximum atomic E-state index is 14.0. The molecule has 5 aromatic rings. The number of ether oxygens (including phenoxy) is 3. The molecule has 2 atom stereocenters. The third-order valence-electron chi connectivity index (χ3n) is 12.8. The van der Waals surface area contributed by atoms with E-state index in [-0.39, 0.29) is 56.4 Å². The normalized spacial score (nSPS) is 17.9. The number of rotatable bonds is 15. The van der Waals surface area contributed by atoms with Crippen molar-refractivity contribution >= 4 is 76.4 Å². The highest BCUT2D eigenvalue weighted by Gasteiger charge is 2.39. The predicted molar refractivity (Wildman–Crippen MR) is 257 cm³/mol. The van der Waals surface area contributed by atoms with Gasteiger partial charge in [-0.2, -0.15) is 11.8 Å². The van der Waals surface area contributed by atoms with Crippen molar-refractivity contribution in [3.8, 4) is 17.2 Å². The molecule has 0 saturated carbocycles. The molecule has 67 heavy (non-hydrogen) atoms. The first-order valence-electron chi connectivity index (χ1n) is 22.5. The van der Waals surface area contributed by atoms with E-state index in [0.717, 1.165) is 74.7 Å². The van der Waals surface area contributed by atoms with Crippen molar-refractivity contribution in [2.75, 3.05) is 27.7 Å². The first-order valence-corrected chi connectivity index (χ1v) is 24.6. The van der Waals surface area contributed by atoms with Crippen molar-refractivity contribution in [1.82, 2.24) is 5.06 Å². The molecule has 5 heterocycles. The molecule has 5 aliphatic rings. The summed E-state index contributed by atoms with van der Waals surface area (Å²) in [6, 6.07) is 29.8. The maximum Gasteiger partial charge on any atom is 0.333 e. The van der Waals surface area contributed by atoms with Gasteiger partial charge >= 0.3 is 5.97 Å². The molecular weight excluding hydrogens is 889 g/mol. The molecule has 0 radical (unpaired) electrons. The lowest BCUT2D eigenvalue weighted by Gasteiger charge is -2.23. The highest BCUT2D eigenvalue weighted by atomic mass is 32.2. The van der Waals surface area contributed by atoms with E-state index in [1.54, 1.807) is 47.7 Å². The molecule has 0 aromatic heterocycles. The molecule has 15 heteroatoms. The number of benzene rings is 5. The number of aliphatic imine (C=N–C) groups is 1. The summed E-state index contributed by atoms with van der Waals surface area (Å²) in [6.07, 6.45) is 5.75. The van der Waals surface area contributed by atoms with Crippen LogP contribution >= 0.6 is 23.5 Å². The number of hydrogen-bond donors (Lipinski definition) is 0. The summed E-state index contributed by atoms with van der Waals surface area (Å²) >= 11 is 3.31. The third kappa shape index (κ3) is 9.01. The predicted octanol–water partition coefficient (Wildman–Crippen LogP) is 9.14. The fourth-order valence-corrected chi connectivity index (χ4v) is 11.7. The van der Waals surface area contributed by atoms with Crippen LogP contribution in [0.4, 0.5) is 17.1 Å². The summed E-state index contributed by atoms with van der Waals surface area (Å²) in [5.41, 5.74) is 9.58. The van der Waals surface area contributed by atoms with E-state index >= 15 is 0 Å². The largest absolute Gasteiger partial charge is 0.493 e. The molecule has 1 fully saturated rings. The molecule has 0 aliphatic carbocycles. The van der Waals surface area contributed by atoms with E-state index in [0.29, 0.717) is 51.5 Å². The van der Waals surface area contributed by atoms with Crippen LogP contribution in [0.15, 0.2) is 101 Å². The lowest BCUT2D eigenvalue weighted by molar-refractivity contribution is -0.197. The highest BCUT2D eigenvalue weighted by Crippen LogP contribution is 2.42. The number of fused-ring (bicyclic) bond motifs is 8. The average molecular weight is 937 g/mol. The number of para-hydroxylation sites is 2. The van der Waals surface area contributed by atoms with Crippen LogP contribution in [0.2, 0.25) is 0 Å². The van der Waals surface area contributed by atoms with Crippen LogP contribution in [0.5, 0.6) is 17.2 Å². The summed E-state index contributed by atoms with van der Waals surface area (Å²) in [5.74, 6) is 0.577. The zero-order valence-corrected chi connectivity index (χ0v) is 38.8. The Morgan fingerprint density at radius 1 is 0.731 bits per heavy atom. The molecule has 342 valence electrons. The molecule has 0 N–H and O–H groups in total. The number of thioether (sulfide) groups is 2. The molecule has 13 nitrogen and oxygen atoms in total. The van der Waals surface area contributed by atoms with Crippen molar-refractivity contribution in [1.29, 1.82) is 0 Å². The third-order valence-corrected chi connectivity index (χ3v) is 15.1. The molecule has 1 saturated heterocycles. The van der Waals surface area contributed by atoms with Gasteiger partial charge in [0.25, 0.3) is 23.6 Å². The van der Waals surface area contributed by atoms with Crippen LogP contribution in [0.1, 0.15) is 86.2 Å². The van der Waals surface area contributed by atoms with E-state index in [1.165, 1.54) is 5.56 Å². The number of anilines is 2. The smallest absolute Gasteiger partial charge is 0.333 e. The molecule has 0 bridgehead atoms. The van der Waals surface area contributed by atoms with Gasteiger partial charge < -0.3 is 23.9 Å². The van der Waals surface area contributed by atoms with Gasteiger partial charge in [-0.15, -0.1) is 16.8 Å². The van der Waals surface area contributed by atoms with Gasteiger partial charge in [-0.3, -0.25) is 29.1 Å². The van der Waals surface area contributed by atoms with Crippen molar-refractivity contribution in [3.05, 3.63) is 136 Å². The van der Waals surface area contributed by atoms with Gasteiger partial charge in [-0.05, 0) is 120 Å². The van der Waals surface area contributed by atoms with Crippen LogP contribution in [-0.2, 0) is 51.7 Å². The number of carbonyl (C=O) groups is 5. The van der Waals surface area contributed by atoms with Gasteiger partial charge in [0.2, 0.25) is 0 Å². The average Bonchev–Trinajstić information content (AvgIpc) is 3.95. The molecule has 5 aliphatic heterocycles. The van der Waals surface area contributed by atoms with Gasteiger partial charge in [-0.1, -0.05) is 36.4 Å². The molecule has 0 spiro atoms. The quantitative estimate of drug-likeness (QED) is 0.0429. The van der Waals surface area contributed by atoms with E-state index in [4.69, 9.17) is 24.0 Å². The summed E-state index contributed by atoms with van der Waals surface area (Å²) in [5, 5.41) is 1.27. The second kappa shape index (κ2) is 19.0. The standard InChI is InChI=1S/C52H48N4O9S2/c1-31-18-40-34(13-14-37-22-35-8-3-5-10-43(35)54(37)51(40)60)24-45(31)63-28-32-19-33(21-39(20-32)67-30-66-17-7-12-50(59)65-56-48(57)15-16-49(56)58)29-64-47-26-42-41(25-46(47)62-2)52(61)55-38(27-53-42)23-36-9-4-6-11-44(36)55/h3-6,8-11,18-21,24-27,37-38H,7,12-17,22-23,28-30H2,1-2H3/t37-,38+/m1/s1. The maximum absolute atomic E-state index is 14.0. The Morgan fingerprint density at radius 3 is 2.16 bits per heavy atom. The van der Waals surface area contributed by atoms with Crippen LogP contribution in [0, 0.1) is 6.92 Å². The Labute approximate surface area is 396 Å². The molecule has 5 aromatic carbocycles. The van der Waals surface area contributed by atoms with Gasteiger partial charge in [0.05, 0.1) is 24.4 Å². The van der Waals surface area contributed by atoms with Crippen LogP contribution in [0.3, 0.4) is 0 Å². The van der Waals surface area contributed by atoms with Gasteiger partial charge in [0.15, 0.2) is 11.5 Å². The minimum absolute atomic E-state index is 0.0370. The molecule has 4 amide bonds. The van der Waals surface area contributed by atoms with Crippen molar-refractivity contribution in [3.63, 3.8) is 0 Å². The Balaban J connectivity index is 0.843. The Morgan fingerprint density at radius 2 is 1.42 bits per heavy atom.